The molecule has 0 radical (unpaired) electrons. The Morgan fingerprint density at radius 1 is 1.10 bits per heavy atom. The fourth-order valence-electron chi connectivity index (χ4n) is 1.59. The highest BCUT2D eigenvalue weighted by Crippen LogP contribution is 2.36. The van der Waals surface area contributed by atoms with E-state index in [1.165, 1.54) is 0 Å². The number of hydrogen-bond donors (Lipinski definition) is 0. The van der Waals surface area contributed by atoms with Gasteiger partial charge in [0.25, 0.3) is 0 Å². The Morgan fingerprint density at radius 3 is 2.19 bits per heavy atom. The van der Waals surface area contributed by atoms with Crippen molar-refractivity contribution in [2.45, 2.75) is 11.1 Å². The van der Waals surface area contributed by atoms with Crippen molar-refractivity contribution in [1.29, 1.82) is 0 Å². The molecule has 0 amide bonds. The smallest absolute Gasteiger partial charge is 0.416 e. The molecule has 0 saturated carbocycles. The first-order valence-corrected chi connectivity index (χ1v) is 7.69. The lowest BCUT2D eigenvalue weighted by molar-refractivity contribution is -0.137. The van der Waals surface area contributed by atoms with E-state index in [1.807, 2.05) is 0 Å². The quantitative estimate of drug-likeness (QED) is 0.799. The minimum atomic E-state index is -4.45. The Morgan fingerprint density at radius 2 is 1.71 bits per heavy atom. The third-order valence-electron chi connectivity index (χ3n) is 2.64. The van der Waals surface area contributed by atoms with Crippen molar-refractivity contribution in [1.82, 2.24) is 0 Å². The van der Waals surface area contributed by atoms with Crippen LogP contribution in [0.4, 0.5) is 13.2 Å². The number of ether oxygens (including phenoxy) is 1. The monoisotopic (exact) mass is 334 g/mol. The largest absolute Gasteiger partial charge is 0.456 e. The third kappa shape index (κ3) is 3.98. The van der Waals surface area contributed by atoms with Crippen molar-refractivity contribution in [3.63, 3.8) is 0 Å². The van der Waals surface area contributed by atoms with Gasteiger partial charge in [0, 0.05) is 22.0 Å². The van der Waals surface area contributed by atoms with Crippen LogP contribution in [0.15, 0.2) is 47.4 Å². The third-order valence-corrected chi connectivity index (χ3v) is 3.87. The van der Waals surface area contributed by atoms with E-state index in [0.717, 1.165) is 18.2 Å². The van der Waals surface area contributed by atoms with E-state index in [1.54, 1.807) is 30.5 Å². The van der Waals surface area contributed by atoms with Gasteiger partial charge in [-0.05, 0) is 42.5 Å². The first-order chi connectivity index (χ1) is 9.77. The highest BCUT2D eigenvalue weighted by atomic mass is 35.5. The Kier molecular flexibility index (Phi) is 4.58. The second-order valence-electron chi connectivity index (χ2n) is 4.17. The Bertz CT molecular complexity index is 669. The summed E-state index contributed by atoms with van der Waals surface area (Å²) < 4.78 is 54.2. The summed E-state index contributed by atoms with van der Waals surface area (Å²) in [6.07, 6.45) is -2.91. The van der Waals surface area contributed by atoms with Gasteiger partial charge in [0.05, 0.1) is 10.6 Å². The molecule has 2 aromatic carbocycles. The molecule has 0 heterocycles. The van der Waals surface area contributed by atoms with Gasteiger partial charge in [0.2, 0.25) is 0 Å². The van der Waals surface area contributed by atoms with Crippen LogP contribution in [0.3, 0.4) is 0 Å². The summed E-state index contributed by atoms with van der Waals surface area (Å²) in [6, 6.07) is 9.25. The molecule has 2 nitrogen and oxygen atoms in total. The van der Waals surface area contributed by atoms with Crippen molar-refractivity contribution in [3.05, 3.63) is 53.1 Å². The summed E-state index contributed by atoms with van der Waals surface area (Å²) in [7, 11) is -1.11. The van der Waals surface area contributed by atoms with Crippen LogP contribution in [0, 0.1) is 0 Å². The van der Waals surface area contributed by atoms with E-state index in [4.69, 9.17) is 16.3 Å². The summed E-state index contributed by atoms with van der Waals surface area (Å²) in [4.78, 5) is 0.626. The number of benzene rings is 2. The molecule has 2 aromatic rings. The van der Waals surface area contributed by atoms with Crippen molar-refractivity contribution in [2.75, 3.05) is 6.26 Å². The van der Waals surface area contributed by atoms with E-state index >= 15 is 0 Å². The number of alkyl halides is 3. The second kappa shape index (κ2) is 6.07. The van der Waals surface area contributed by atoms with Gasteiger partial charge in [0.1, 0.15) is 11.5 Å². The maximum atomic E-state index is 12.5. The highest BCUT2D eigenvalue weighted by molar-refractivity contribution is 7.84. The lowest BCUT2D eigenvalue weighted by atomic mass is 10.2. The summed E-state index contributed by atoms with van der Waals surface area (Å²) in [5, 5.41) is -0.132. The summed E-state index contributed by atoms with van der Waals surface area (Å²) in [5.41, 5.74) is -0.837. The minimum Gasteiger partial charge on any atom is -0.456 e. The Balaban J connectivity index is 2.22. The molecule has 21 heavy (non-hydrogen) atoms. The van der Waals surface area contributed by atoms with Crippen LogP contribution < -0.4 is 4.74 Å². The van der Waals surface area contributed by atoms with Crippen LogP contribution >= 0.6 is 11.6 Å². The van der Waals surface area contributed by atoms with Gasteiger partial charge in [-0.15, -0.1) is 0 Å². The van der Waals surface area contributed by atoms with Crippen LogP contribution in [0.5, 0.6) is 11.5 Å². The van der Waals surface area contributed by atoms with Gasteiger partial charge in [-0.3, -0.25) is 4.21 Å². The first kappa shape index (κ1) is 15.9. The van der Waals surface area contributed by atoms with Gasteiger partial charge in [0.15, 0.2) is 0 Å². The molecule has 0 spiro atoms. The standard InChI is InChI=1S/C14H10ClF3O2S/c1-21(19)11-5-3-10(4-6-11)20-13-7-2-9(8-12(13)15)14(16,17)18/h2-8H,1H3. The molecule has 7 heteroatoms. The van der Waals surface area contributed by atoms with Gasteiger partial charge >= 0.3 is 6.18 Å². The van der Waals surface area contributed by atoms with Crippen molar-refractivity contribution < 1.29 is 22.1 Å². The topological polar surface area (TPSA) is 26.3 Å². The molecule has 1 atom stereocenters. The van der Waals surface area contributed by atoms with E-state index in [0.29, 0.717) is 10.6 Å². The SMILES string of the molecule is CS(=O)c1ccc(Oc2ccc(C(F)(F)F)cc2Cl)cc1. The zero-order chi connectivity index (χ0) is 15.6. The Labute approximate surface area is 127 Å². The van der Waals surface area contributed by atoms with Gasteiger partial charge in [-0.25, -0.2) is 0 Å². The molecule has 0 saturated heterocycles. The van der Waals surface area contributed by atoms with E-state index in [-0.39, 0.29) is 10.8 Å². The molecule has 0 N–H and O–H groups in total. The molecule has 1 unspecified atom stereocenters. The zero-order valence-corrected chi connectivity index (χ0v) is 12.4. The molecule has 0 bridgehead atoms. The van der Waals surface area contributed by atoms with Crippen molar-refractivity contribution in [2.24, 2.45) is 0 Å². The molecule has 0 aliphatic carbocycles. The van der Waals surface area contributed by atoms with Crippen LogP contribution in [-0.2, 0) is 17.0 Å². The average Bonchev–Trinajstić information content (AvgIpc) is 2.40. The van der Waals surface area contributed by atoms with Crippen molar-refractivity contribution >= 4 is 22.4 Å². The number of halogens is 4. The maximum Gasteiger partial charge on any atom is 0.416 e. The van der Waals surface area contributed by atoms with E-state index in [2.05, 4.69) is 0 Å². The predicted molar refractivity (Wildman–Crippen MR) is 75.3 cm³/mol. The zero-order valence-electron chi connectivity index (χ0n) is 10.8. The fraction of sp³-hybridized carbons (Fsp3) is 0.143. The molecular formula is C14H10ClF3O2S. The normalized spacial score (nSPS) is 13.0. The second-order valence-corrected chi connectivity index (χ2v) is 5.96. The lowest BCUT2D eigenvalue weighted by Gasteiger charge is -2.11. The molecule has 2 rings (SSSR count). The number of rotatable bonds is 3. The molecule has 112 valence electrons. The maximum absolute atomic E-state index is 12.5. The molecule has 0 aliphatic heterocycles. The predicted octanol–water partition coefficient (Wildman–Crippen LogP) is 4.89. The van der Waals surface area contributed by atoms with Crippen LogP contribution in [-0.4, -0.2) is 10.5 Å². The summed E-state index contributed by atoms with van der Waals surface area (Å²) in [5.74, 6) is 0.515. The summed E-state index contributed by atoms with van der Waals surface area (Å²) >= 11 is 5.79. The van der Waals surface area contributed by atoms with Crippen LogP contribution in [0.2, 0.25) is 5.02 Å². The van der Waals surface area contributed by atoms with Crippen LogP contribution in [0.25, 0.3) is 0 Å². The van der Waals surface area contributed by atoms with E-state index < -0.39 is 22.5 Å². The van der Waals surface area contributed by atoms with Gasteiger partial charge in [-0.1, -0.05) is 11.6 Å². The van der Waals surface area contributed by atoms with Gasteiger partial charge in [-0.2, -0.15) is 13.2 Å². The molecular weight excluding hydrogens is 325 g/mol. The lowest BCUT2D eigenvalue weighted by Crippen LogP contribution is -2.04. The Hall–Kier alpha value is -1.53. The number of hydrogen-bond acceptors (Lipinski definition) is 2. The summed E-state index contributed by atoms with van der Waals surface area (Å²) in [6.45, 7) is 0. The average molecular weight is 335 g/mol. The van der Waals surface area contributed by atoms with Crippen molar-refractivity contribution in [3.8, 4) is 11.5 Å². The molecule has 0 aromatic heterocycles. The fourth-order valence-corrected chi connectivity index (χ4v) is 2.32. The van der Waals surface area contributed by atoms with Crippen LogP contribution in [0.1, 0.15) is 5.56 Å². The minimum absolute atomic E-state index is 0.120. The molecule has 0 aliphatic rings. The van der Waals surface area contributed by atoms with E-state index in [9.17, 15) is 17.4 Å². The molecule has 0 fully saturated rings. The highest BCUT2D eigenvalue weighted by Gasteiger charge is 2.31. The van der Waals surface area contributed by atoms with Gasteiger partial charge < -0.3 is 4.74 Å². The first-order valence-electron chi connectivity index (χ1n) is 5.75.